The van der Waals surface area contributed by atoms with Crippen LogP contribution in [0.25, 0.3) is 0 Å². The Bertz CT molecular complexity index is 554. The average Bonchev–Trinajstić information content (AvgIpc) is 2.49. The highest BCUT2D eigenvalue weighted by atomic mass is 19.1. The molecule has 1 heterocycles. The van der Waals surface area contributed by atoms with Crippen molar-refractivity contribution in [2.24, 2.45) is 0 Å². The lowest BCUT2D eigenvalue weighted by molar-refractivity contribution is 0.619. The van der Waals surface area contributed by atoms with Gasteiger partial charge in [0.1, 0.15) is 0 Å². The van der Waals surface area contributed by atoms with Crippen LogP contribution in [0.3, 0.4) is 0 Å². The molecule has 1 aromatic heterocycles. The van der Waals surface area contributed by atoms with Crippen LogP contribution >= 0.6 is 0 Å². The van der Waals surface area contributed by atoms with Crippen LogP contribution < -0.4 is 10.6 Å². The first-order valence-corrected chi connectivity index (χ1v) is 6.85. The monoisotopic (exact) mass is 274 g/mol. The Morgan fingerprint density at radius 1 is 1.15 bits per heavy atom. The van der Waals surface area contributed by atoms with Crippen LogP contribution in [0.4, 0.5) is 21.8 Å². The molecule has 0 radical (unpaired) electrons. The molecule has 0 bridgehead atoms. The smallest absolute Gasteiger partial charge is 0.224 e. The molecule has 0 aliphatic carbocycles. The van der Waals surface area contributed by atoms with Gasteiger partial charge in [-0.25, -0.2) is 9.37 Å². The van der Waals surface area contributed by atoms with Crippen molar-refractivity contribution in [1.82, 2.24) is 9.97 Å². The summed E-state index contributed by atoms with van der Waals surface area (Å²) in [7, 11) is 0. The summed E-state index contributed by atoms with van der Waals surface area (Å²) in [4.78, 5) is 8.05. The highest BCUT2D eigenvalue weighted by Crippen LogP contribution is 2.19. The van der Waals surface area contributed by atoms with Crippen LogP contribution in [-0.4, -0.2) is 16.5 Å². The summed E-state index contributed by atoms with van der Waals surface area (Å²) in [5.74, 6) is 0.149. The van der Waals surface area contributed by atoms with Gasteiger partial charge in [0.25, 0.3) is 0 Å². The number of anilines is 3. The Morgan fingerprint density at radius 2 is 1.90 bits per heavy atom. The minimum absolute atomic E-state index is 0.183. The number of halogens is 1. The van der Waals surface area contributed by atoms with E-state index in [0.717, 1.165) is 25.1 Å². The maximum atomic E-state index is 13.7. The molecule has 0 atom stereocenters. The van der Waals surface area contributed by atoms with Gasteiger partial charge in [-0.2, -0.15) is 4.98 Å². The van der Waals surface area contributed by atoms with Gasteiger partial charge in [0.05, 0.1) is 6.20 Å². The van der Waals surface area contributed by atoms with Crippen molar-refractivity contribution in [1.29, 1.82) is 0 Å². The van der Waals surface area contributed by atoms with E-state index in [2.05, 4.69) is 27.5 Å². The highest BCUT2D eigenvalue weighted by molar-refractivity contribution is 5.57. The summed E-state index contributed by atoms with van der Waals surface area (Å²) in [5, 5.41) is 6.01. The third-order valence-electron chi connectivity index (χ3n) is 2.90. The Balaban J connectivity index is 2.14. The van der Waals surface area contributed by atoms with E-state index in [0.29, 0.717) is 5.95 Å². The van der Waals surface area contributed by atoms with Crippen LogP contribution in [0.5, 0.6) is 0 Å². The normalized spacial score (nSPS) is 10.3. The molecule has 106 valence electrons. The summed E-state index contributed by atoms with van der Waals surface area (Å²) in [6.45, 7) is 4.90. The first-order valence-electron chi connectivity index (χ1n) is 6.85. The Labute approximate surface area is 118 Å². The van der Waals surface area contributed by atoms with Crippen molar-refractivity contribution in [3.8, 4) is 0 Å². The number of nitrogens with zero attached hydrogens (tertiary/aromatic N) is 2. The maximum Gasteiger partial charge on any atom is 0.224 e. The molecule has 4 nitrogen and oxygen atoms in total. The van der Waals surface area contributed by atoms with E-state index in [1.54, 1.807) is 0 Å². The van der Waals surface area contributed by atoms with Gasteiger partial charge < -0.3 is 10.6 Å². The minimum Gasteiger partial charge on any atom is -0.354 e. The topological polar surface area (TPSA) is 49.8 Å². The Hall–Kier alpha value is -2.17. The van der Waals surface area contributed by atoms with Crippen LogP contribution in [0.1, 0.15) is 25.8 Å². The predicted octanol–water partition coefficient (Wildman–Crippen LogP) is 3.74. The molecule has 0 aliphatic rings. The summed E-state index contributed by atoms with van der Waals surface area (Å²) in [6, 6.07) is 7.86. The van der Waals surface area contributed by atoms with Crippen LogP contribution in [-0.2, 0) is 6.42 Å². The molecule has 0 saturated carbocycles. The molecular weight excluding hydrogens is 255 g/mol. The van der Waals surface area contributed by atoms with E-state index in [4.69, 9.17) is 0 Å². The fourth-order valence-corrected chi connectivity index (χ4v) is 1.74. The Morgan fingerprint density at radius 3 is 2.55 bits per heavy atom. The van der Waals surface area contributed by atoms with Crippen molar-refractivity contribution in [2.45, 2.75) is 26.7 Å². The van der Waals surface area contributed by atoms with Crippen LogP contribution in [0, 0.1) is 5.82 Å². The molecule has 0 spiro atoms. The molecule has 2 rings (SSSR count). The summed E-state index contributed by atoms with van der Waals surface area (Å²) in [6.07, 6.45) is 3.11. The SMILES string of the molecule is CCCNc1ncc(F)c(Nc2ccc(CC)cc2)n1. The lowest BCUT2D eigenvalue weighted by Gasteiger charge is -2.09. The second kappa shape index (κ2) is 6.84. The van der Waals surface area contributed by atoms with Crippen molar-refractivity contribution in [3.05, 3.63) is 41.8 Å². The second-order valence-electron chi connectivity index (χ2n) is 4.49. The molecule has 2 aromatic rings. The van der Waals surface area contributed by atoms with Crippen molar-refractivity contribution in [2.75, 3.05) is 17.2 Å². The van der Waals surface area contributed by atoms with E-state index >= 15 is 0 Å². The maximum absolute atomic E-state index is 13.7. The number of aromatic nitrogens is 2. The third-order valence-corrected chi connectivity index (χ3v) is 2.90. The zero-order valence-electron chi connectivity index (χ0n) is 11.8. The van der Waals surface area contributed by atoms with Crippen LogP contribution in [0.2, 0.25) is 0 Å². The van der Waals surface area contributed by atoms with Crippen molar-refractivity contribution in [3.63, 3.8) is 0 Å². The van der Waals surface area contributed by atoms with Crippen molar-refractivity contribution < 1.29 is 4.39 Å². The van der Waals surface area contributed by atoms with E-state index < -0.39 is 5.82 Å². The van der Waals surface area contributed by atoms with E-state index in [-0.39, 0.29) is 5.82 Å². The highest BCUT2D eigenvalue weighted by Gasteiger charge is 2.07. The standard InChI is InChI=1S/C15H19FN4/c1-3-9-17-15-18-10-13(16)14(20-15)19-12-7-5-11(4-2)6-8-12/h5-8,10H,3-4,9H2,1-2H3,(H2,17,18,19,20). The predicted molar refractivity (Wildman–Crippen MR) is 79.9 cm³/mol. The lowest BCUT2D eigenvalue weighted by Crippen LogP contribution is -2.07. The number of aryl methyl sites for hydroxylation is 1. The van der Waals surface area contributed by atoms with E-state index in [9.17, 15) is 4.39 Å². The zero-order chi connectivity index (χ0) is 14.4. The molecule has 0 aliphatic heterocycles. The van der Waals surface area contributed by atoms with Crippen molar-refractivity contribution >= 4 is 17.5 Å². The van der Waals surface area contributed by atoms with Crippen LogP contribution in [0.15, 0.2) is 30.5 Å². The Kier molecular flexibility index (Phi) is 4.87. The number of rotatable bonds is 6. The number of hydrogen-bond acceptors (Lipinski definition) is 4. The average molecular weight is 274 g/mol. The molecule has 5 heteroatoms. The number of nitrogens with one attached hydrogen (secondary N) is 2. The second-order valence-corrected chi connectivity index (χ2v) is 4.49. The largest absolute Gasteiger partial charge is 0.354 e. The molecule has 2 N–H and O–H groups in total. The quantitative estimate of drug-likeness (QED) is 0.842. The van der Waals surface area contributed by atoms with Gasteiger partial charge in [-0.05, 0) is 30.5 Å². The summed E-state index contributed by atoms with van der Waals surface area (Å²) in [5.41, 5.74) is 2.05. The van der Waals surface area contributed by atoms with Gasteiger partial charge in [0.15, 0.2) is 11.6 Å². The number of hydrogen-bond donors (Lipinski definition) is 2. The number of benzene rings is 1. The lowest BCUT2D eigenvalue weighted by atomic mass is 10.1. The molecule has 1 aromatic carbocycles. The third kappa shape index (κ3) is 3.66. The van der Waals surface area contributed by atoms with E-state index in [1.807, 2.05) is 31.2 Å². The molecule has 0 fully saturated rings. The van der Waals surface area contributed by atoms with Gasteiger partial charge in [-0.15, -0.1) is 0 Å². The fraction of sp³-hybridized carbons (Fsp3) is 0.333. The first kappa shape index (κ1) is 14.2. The molecule has 0 amide bonds. The summed E-state index contributed by atoms with van der Waals surface area (Å²) < 4.78 is 13.7. The first-order chi connectivity index (χ1) is 9.72. The molecule has 20 heavy (non-hydrogen) atoms. The molecular formula is C15H19FN4. The zero-order valence-corrected chi connectivity index (χ0v) is 11.8. The van der Waals surface area contributed by atoms with Gasteiger partial charge in [0.2, 0.25) is 5.95 Å². The summed E-state index contributed by atoms with van der Waals surface area (Å²) >= 11 is 0. The van der Waals surface area contributed by atoms with Gasteiger partial charge in [-0.3, -0.25) is 0 Å². The fourth-order valence-electron chi connectivity index (χ4n) is 1.74. The molecule has 0 saturated heterocycles. The van der Waals surface area contributed by atoms with Gasteiger partial charge in [-0.1, -0.05) is 26.0 Å². The van der Waals surface area contributed by atoms with Gasteiger partial charge >= 0.3 is 0 Å². The van der Waals surface area contributed by atoms with Gasteiger partial charge in [0, 0.05) is 12.2 Å². The molecule has 0 unspecified atom stereocenters. The minimum atomic E-state index is -0.466. The van der Waals surface area contributed by atoms with E-state index in [1.165, 1.54) is 11.8 Å².